The van der Waals surface area contributed by atoms with Gasteiger partial charge in [-0.25, -0.2) is 0 Å². The van der Waals surface area contributed by atoms with E-state index in [1.807, 2.05) is 11.8 Å². The fourth-order valence-electron chi connectivity index (χ4n) is 7.28. The highest BCUT2D eigenvalue weighted by Gasteiger charge is 2.34. The standard InChI is InChI=1S/C45H85NO6S/c1-6-10-28-39(29-11-7-2)51-43(47)32-24-20-16-14-18-22-26-36-50-45(49)41-34-35-46(5)38-42(41)53-37-27-23-19-15-17-21-25-33-44(48)52-40(30-12-8-3)31-13-9-4/h39-42H,6-38H2,1-5H3. The van der Waals surface area contributed by atoms with Gasteiger partial charge >= 0.3 is 17.9 Å². The third-order valence-electron chi connectivity index (χ3n) is 10.8. The van der Waals surface area contributed by atoms with Crippen LogP contribution in [0.4, 0.5) is 0 Å². The summed E-state index contributed by atoms with van der Waals surface area (Å²) in [7, 11) is 2.16. The van der Waals surface area contributed by atoms with E-state index in [0.717, 1.165) is 154 Å². The molecule has 312 valence electrons. The Morgan fingerprint density at radius 2 is 1.00 bits per heavy atom. The molecular formula is C45H85NO6S. The van der Waals surface area contributed by atoms with Crippen LogP contribution in [0.2, 0.25) is 0 Å². The van der Waals surface area contributed by atoms with Crippen molar-refractivity contribution in [3.63, 3.8) is 0 Å². The molecule has 53 heavy (non-hydrogen) atoms. The van der Waals surface area contributed by atoms with Gasteiger partial charge in [-0.2, -0.15) is 11.8 Å². The topological polar surface area (TPSA) is 82.1 Å². The van der Waals surface area contributed by atoms with Crippen LogP contribution in [0, 0.1) is 5.92 Å². The summed E-state index contributed by atoms with van der Waals surface area (Å²) < 4.78 is 17.4. The Labute approximate surface area is 331 Å². The van der Waals surface area contributed by atoms with Gasteiger partial charge in [0.2, 0.25) is 0 Å². The maximum Gasteiger partial charge on any atom is 0.310 e. The number of ether oxygens (including phenoxy) is 3. The molecule has 0 spiro atoms. The number of piperidine rings is 1. The molecular weight excluding hydrogens is 683 g/mol. The summed E-state index contributed by atoms with van der Waals surface area (Å²) in [5, 5.41) is 0.320. The van der Waals surface area contributed by atoms with Crippen LogP contribution in [0.5, 0.6) is 0 Å². The van der Waals surface area contributed by atoms with Crippen molar-refractivity contribution in [3.8, 4) is 0 Å². The Balaban J connectivity index is 2.10. The number of hydrogen-bond donors (Lipinski definition) is 0. The summed E-state index contributed by atoms with van der Waals surface area (Å²) in [6.45, 7) is 11.2. The average Bonchev–Trinajstić information content (AvgIpc) is 3.15. The first-order valence-electron chi connectivity index (χ1n) is 22.7. The molecule has 0 N–H and O–H groups in total. The van der Waals surface area contributed by atoms with Gasteiger partial charge in [-0.15, -0.1) is 0 Å². The normalized spacial score (nSPS) is 16.4. The molecule has 0 aromatic carbocycles. The highest BCUT2D eigenvalue weighted by atomic mass is 32.2. The minimum absolute atomic E-state index is 0.00176. The maximum absolute atomic E-state index is 13.1. The van der Waals surface area contributed by atoms with Crippen molar-refractivity contribution in [1.29, 1.82) is 0 Å². The number of unbranched alkanes of at least 4 members (excludes halogenated alkanes) is 16. The number of carbonyl (C=O) groups is 3. The van der Waals surface area contributed by atoms with Crippen molar-refractivity contribution in [3.05, 3.63) is 0 Å². The summed E-state index contributed by atoms with van der Waals surface area (Å²) >= 11 is 1.97. The van der Waals surface area contributed by atoms with Crippen molar-refractivity contribution < 1.29 is 28.6 Å². The first kappa shape index (κ1) is 49.7. The molecule has 1 fully saturated rings. The monoisotopic (exact) mass is 768 g/mol. The Morgan fingerprint density at radius 1 is 0.585 bits per heavy atom. The zero-order chi connectivity index (χ0) is 38.8. The van der Waals surface area contributed by atoms with E-state index in [-0.39, 0.29) is 36.0 Å². The van der Waals surface area contributed by atoms with Gasteiger partial charge < -0.3 is 19.1 Å². The quantitative estimate of drug-likeness (QED) is 0.0354. The van der Waals surface area contributed by atoms with Gasteiger partial charge in [-0.1, -0.05) is 143 Å². The van der Waals surface area contributed by atoms with E-state index in [1.54, 1.807) is 0 Å². The Bertz CT molecular complexity index is 871. The lowest BCUT2D eigenvalue weighted by atomic mass is 9.97. The number of nitrogens with zero attached hydrogens (tertiary/aromatic N) is 1. The molecule has 0 amide bonds. The summed E-state index contributed by atoms with van der Waals surface area (Å²) in [5.41, 5.74) is 0. The molecule has 0 aromatic rings. The van der Waals surface area contributed by atoms with Gasteiger partial charge in [0.25, 0.3) is 0 Å². The van der Waals surface area contributed by atoms with E-state index in [4.69, 9.17) is 14.2 Å². The Hall–Kier alpha value is -1.28. The van der Waals surface area contributed by atoms with Crippen LogP contribution in [0.15, 0.2) is 0 Å². The molecule has 8 heteroatoms. The van der Waals surface area contributed by atoms with Crippen LogP contribution >= 0.6 is 11.8 Å². The molecule has 1 rings (SSSR count). The molecule has 1 heterocycles. The summed E-state index contributed by atoms with van der Waals surface area (Å²) in [6, 6.07) is 0. The van der Waals surface area contributed by atoms with Crippen molar-refractivity contribution in [2.45, 2.75) is 231 Å². The first-order valence-corrected chi connectivity index (χ1v) is 23.7. The Morgan fingerprint density at radius 3 is 1.45 bits per heavy atom. The number of likely N-dealkylation sites (tertiary alicyclic amines) is 1. The van der Waals surface area contributed by atoms with Crippen LogP contribution in [-0.4, -0.2) is 72.8 Å². The van der Waals surface area contributed by atoms with Gasteiger partial charge in [0.1, 0.15) is 12.2 Å². The van der Waals surface area contributed by atoms with E-state index in [9.17, 15) is 14.4 Å². The number of hydrogen-bond acceptors (Lipinski definition) is 8. The zero-order valence-electron chi connectivity index (χ0n) is 35.4. The minimum atomic E-state index is -0.0161. The minimum Gasteiger partial charge on any atom is -0.465 e. The van der Waals surface area contributed by atoms with Crippen molar-refractivity contribution >= 4 is 29.7 Å². The lowest BCUT2D eigenvalue weighted by molar-refractivity contribution is -0.151. The molecule has 2 atom stereocenters. The molecule has 2 unspecified atom stereocenters. The second-order valence-electron chi connectivity index (χ2n) is 16.0. The smallest absolute Gasteiger partial charge is 0.310 e. The van der Waals surface area contributed by atoms with E-state index in [1.165, 1.54) is 38.5 Å². The highest BCUT2D eigenvalue weighted by Crippen LogP contribution is 2.30. The maximum atomic E-state index is 13.1. The van der Waals surface area contributed by atoms with Crippen LogP contribution in [0.3, 0.4) is 0 Å². The predicted molar refractivity (Wildman–Crippen MR) is 225 cm³/mol. The van der Waals surface area contributed by atoms with E-state index < -0.39 is 0 Å². The second-order valence-corrected chi connectivity index (χ2v) is 17.3. The van der Waals surface area contributed by atoms with Crippen molar-refractivity contribution in [2.24, 2.45) is 5.92 Å². The SMILES string of the molecule is CCCCC(CCCC)OC(=O)CCCCCCCCCOC(=O)C1CCN(C)CC1SCCCCCCCCCC(=O)OC(CCCC)CCCC. The number of carbonyl (C=O) groups excluding carboxylic acids is 3. The summed E-state index contributed by atoms with van der Waals surface area (Å²) in [5.74, 6) is 1.10. The average molecular weight is 768 g/mol. The lowest BCUT2D eigenvalue weighted by Gasteiger charge is -2.35. The van der Waals surface area contributed by atoms with Gasteiger partial charge in [0, 0.05) is 24.6 Å². The second kappa shape index (κ2) is 35.2. The number of rotatable bonds is 36. The van der Waals surface area contributed by atoms with Crippen LogP contribution < -0.4 is 0 Å². The van der Waals surface area contributed by atoms with Crippen molar-refractivity contribution in [2.75, 3.05) is 32.5 Å². The first-order chi connectivity index (χ1) is 25.8. The van der Waals surface area contributed by atoms with Gasteiger partial charge in [-0.05, 0) is 77.1 Å². The summed E-state index contributed by atoms with van der Waals surface area (Å²) in [4.78, 5) is 40.1. The molecule has 7 nitrogen and oxygen atoms in total. The van der Waals surface area contributed by atoms with Crippen molar-refractivity contribution in [1.82, 2.24) is 4.90 Å². The fraction of sp³-hybridized carbons (Fsp3) is 0.933. The molecule has 0 aliphatic carbocycles. The molecule has 0 radical (unpaired) electrons. The molecule has 1 aliphatic rings. The van der Waals surface area contributed by atoms with E-state index in [2.05, 4.69) is 39.6 Å². The van der Waals surface area contributed by atoms with E-state index >= 15 is 0 Å². The third-order valence-corrected chi connectivity index (χ3v) is 12.2. The molecule has 1 aliphatic heterocycles. The summed E-state index contributed by atoms with van der Waals surface area (Å²) in [6.07, 6.45) is 31.0. The Kier molecular flexibility index (Phi) is 33.0. The predicted octanol–water partition coefficient (Wildman–Crippen LogP) is 12.4. The number of thioether (sulfide) groups is 1. The fourth-order valence-corrected chi connectivity index (χ4v) is 8.79. The lowest BCUT2D eigenvalue weighted by Crippen LogP contribution is -2.44. The van der Waals surface area contributed by atoms with Crippen LogP contribution in [0.25, 0.3) is 0 Å². The van der Waals surface area contributed by atoms with Gasteiger partial charge in [-0.3, -0.25) is 14.4 Å². The molecule has 0 bridgehead atoms. The molecule has 0 saturated carbocycles. The highest BCUT2D eigenvalue weighted by molar-refractivity contribution is 7.99. The van der Waals surface area contributed by atoms with Crippen LogP contribution in [-0.2, 0) is 28.6 Å². The molecule has 1 saturated heterocycles. The molecule has 0 aromatic heterocycles. The number of esters is 3. The van der Waals surface area contributed by atoms with Gasteiger partial charge in [0.15, 0.2) is 0 Å². The van der Waals surface area contributed by atoms with Gasteiger partial charge in [0.05, 0.1) is 12.5 Å². The zero-order valence-corrected chi connectivity index (χ0v) is 36.3. The van der Waals surface area contributed by atoms with E-state index in [0.29, 0.717) is 24.7 Å². The largest absolute Gasteiger partial charge is 0.465 e. The third kappa shape index (κ3) is 27.9. The van der Waals surface area contributed by atoms with Crippen LogP contribution in [0.1, 0.15) is 214 Å².